The van der Waals surface area contributed by atoms with Gasteiger partial charge in [-0.1, -0.05) is 24.3 Å². The number of aromatic amines is 1. The van der Waals surface area contributed by atoms with Crippen LogP contribution in [0.5, 0.6) is 0 Å². The van der Waals surface area contributed by atoms with Gasteiger partial charge in [0.1, 0.15) is 0 Å². The largest absolute Gasteiger partial charge is 0.379 e. The molecule has 2 aromatic carbocycles. The summed E-state index contributed by atoms with van der Waals surface area (Å²) in [5.74, 6) is 0. The Hall–Kier alpha value is -3.23. The molecule has 0 aliphatic carbocycles. The van der Waals surface area contributed by atoms with Gasteiger partial charge in [0.2, 0.25) is 0 Å². The molecule has 4 heterocycles. The summed E-state index contributed by atoms with van der Waals surface area (Å²) in [6.45, 7) is 9.04. The number of fused-ring (bicyclic) bond motifs is 2. The van der Waals surface area contributed by atoms with E-state index in [0.717, 1.165) is 68.3 Å². The normalized spacial score (nSPS) is 14.5. The van der Waals surface area contributed by atoms with Crippen molar-refractivity contribution in [3.63, 3.8) is 0 Å². The Balaban J connectivity index is 1.09. The standard InChI is InChI=1S/C30H33N5OS/c1-21-17-24-18-25(7-8-26(24)33-21)34-27-9-11-32-28-19-29(37-30(27)28)23-5-3-22(4-6-23)20-31-10-2-12-35-13-15-36-16-14-35/h3-9,11,17-19,31,33H,2,10,12-16,20H2,1H3,(H,32,34). The van der Waals surface area contributed by atoms with Gasteiger partial charge < -0.3 is 20.4 Å². The van der Waals surface area contributed by atoms with Gasteiger partial charge in [0.05, 0.1) is 29.1 Å². The number of pyridine rings is 1. The van der Waals surface area contributed by atoms with Gasteiger partial charge in [0.25, 0.3) is 0 Å². The Labute approximate surface area is 221 Å². The van der Waals surface area contributed by atoms with E-state index in [1.54, 1.807) is 11.3 Å². The molecule has 1 saturated heterocycles. The fourth-order valence-corrected chi connectivity index (χ4v) is 6.05. The molecule has 1 fully saturated rings. The molecule has 3 aromatic heterocycles. The van der Waals surface area contributed by atoms with E-state index in [1.807, 2.05) is 6.20 Å². The topological polar surface area (TPSA) is 65.2 Å². The fraction of sp³-hybridized carbons (Fsp3) is 0.300. The molecule has 0 radical (unpaired) electrons. The molecular weight excluding hydrogens is 478 g/mol. The number of aromatic nitrogens is 2. The van der Waals surface area contributed by atoms with Crippen LogP contribution in [0, 0.1) is 6.92 Å². The number of thiophene rings is 1. The molecule has 0 saturated carbocycles. The van der Waals surface area contributed by atoms with Crippen molar-refractivity contribution in [1.82, 2.24) is 20.2 Å². The lowest BCUT2D eigenvalue weighted by molar-refractivity contribution is 0.0374. The minimum absolute atomic E-state index is 0.873. The van der Waals surface area contributed by atoms with E-state index >= 15 is 0 Å². The van der Waals surface area contributed by atoms with Crippen molar-refractivity contribution >= 4 is 43.8 Å². The van der Waals surface area contributed by atoms with Crippen LogP contribution in [0.4, 0.5) is 11.4 Å². The van der Waals surface area contributed by atoms with Crippen LogP contribution in [0.2, 0.25) is 0 Å². The number of ether oxygens (including phenoxy) is 1. The lowest BCUT2D eigenvalue weighted by Crippen LogP contribution is -2.37. The van der Waals surface area contributed by atoms with Crippen molar-refractivity contribution in [2.75, 3.05) is 44.7 Å². The first-order valence-electron chi connectivity index (χ1n) is 13.1. The zero-order valence-electron chi connectivity index (χ0n) is 21.2. The Morgan fingerprint density at radius 2 is 1.89 bits per heavy atom. The molecule has 0 spiro atoms. The third-order valence-electron chi connectivity index (χ3n) is 6.95. The molecule has 190 valence electrons. The average molecular weight is 512 g/mol. The summed E-state index contributed by atoms with van der Waals surface area (Å²) in [4.78, 5) is 11.7. The van der Waals surface area contributed by atoms with Crippen molar-refractivity contribution in [3.8, 4) is 10.4 Å². The van der Waals surface area contributed by atoms with Gasteiger partial charge >= 0.3 is 0 Å². The maximum atomic E-state index is 5.42. The van der Waals surface area contributed by atoms with Crippen molar-refractivity contribution in [1.29, 1.82) is 0 Å². The lowest BCUT2D eigenvalue weighted by atomic mass is 10.1. The van der Waals surface area contributed by atoms with Crippen LogP contribution >= 0.6 is 11.3 Å². The summed E-state index contributed by atoms with van der Waals surface area (Å²) in [5.41, 5.74) is 8.07. The maximum Gasteiger partial charge on any atom is 0.0837 e. The van der Waals surface area contributed by atoms with Gasteiger partial charge in [-0.3, -0.25) is 9.88 Å². The average Bonchev–Trinajstić information content (AvgIpc) is 3.53. The first-order chi connectivity index (χ1) is 18.2. The van der Waals surface area contributed by atoms with Gasteiger partial charge in [-0.05, 0) is 74.0 Å². The summed E-state index contributed by atoms with van der Waals surface area (Å²) < 4.78 is 6.60. The third-order valence-corrected chi connectivity index (χ3v) is 8.15. The van der Waals surface area contributed by atoms with Gasteiger partial charge in [0.15, 0.2) is 0 Å². The highest BCUT2D eigenvalue weighted by Crippen LogP contribution is 2.37. The molecule has 37 heavy (non-hydrogen) atoms. The van der Waals surface area contributed by atoms with Crippen molar-refractivity contribution in [3.05, 3.63) is 78.1 Å². The first-order valence-corrected chi connectivity index (χ1v) is 13.9. The van der Waals surface area contributed by atoms with Crippen LogP contribution < -0.4 is 10.6 Å². The van der Waals surface area contributed by atoms with Crippen LogP contribution in [0.25, 0.3) is 31.6 Å². The Morgan fingerprint density at radius 1 is 1.03 bits per heavy atom. The summed E-state index contributed by atoms with van der Waals surface area (Å²) in [6.07, 6.45) is 3.05. The predicted octanol–water partition coefficient (Wildman–Crippen LogP) is 6.31. The molecule has 0 atom stereocenters. The van der Waals surface area contributed by atoms with E-state index in [9.17, 15) is 0 Å². The van der Waals surface area contributed by atoms with Crippen molar-refractivity contribution in [2.24, 2.45) is 0 Å². The van der Waals surface area contributed by atoms with Gasteiger partial charge in [-0.15, -0.1) is 11.3 Å². The number of nitrogens with zero attached hydrogens (tertiary/aromatic N) is 2. The number of benzene rings is 2. The predicted molar refractivity (Wildman–Crippen MR) is 155 cm³/mol. The smallest absolute Gasteiger partial charge is 0.0837 e. The van der Waals surface area contributed by atoms with Crippen molar-refractivity contribution < 1.29 is 4.74 Å². The number of hydrogen-bond acceptors (Lipinski definition) is 6. The number of anilines is 2. The van der Waals surface area contributed by atoms with E-state index < -0.39 is 0 Å². The maximum absolute atomic E-state index is 5.42. The Morgan fingerprint density at radius 3 is 2.76 bits per heavy atom. The summed E-state index contributed by atoms with van der Waals surface area (Å²) in [7, 11) is 0. The first kappa shape index (κ1) is 24.1. The second-order valence-electron chi connectivity index (χ2n) is 9.74. The SMILES string of the molecule is Cc1cc2cc(Nc3ccnc4cc(-c5ccc(CNCCCN6CCOCC6)cc5)sc34)ccc2[nH]1. The molecule has 6 nitrogen and oxygen atoms in total. The highest BCUT2D eigenvalue weighted by Gasteiger charge is 2.11. The number of aryl methyl sites for hydroxylation is 1. The van der Waals surface area contributed by atoms with Crippen LogP contribution in [0.1, 0.15) is 17.7 Å². The zero-order valence-corrected chi connectivity index (χ0v) is 22.0. The van der Waals surface area contributed by atoms with E-state index in [1.165, 1.54) is 38.2 Å². The molecule has 5 aromatic rings. The molecule has 0 unspecified atom stereocenters. The number of nitrogens with one attached hydrogen (secondary N) is 3. The van der Waals surface area contributed by atoms with E-state index in [0.29, 0.717) is 0 Å². The van der Waals surface area contributed by atoms with Gasteiger partial charge in [-0.2, -0.15) is 0 Å². The zero-order chi connectivity index (χ0) is 25.0. The summed E-state index contributed by atoms with van der Waals surface area (Å²) >= 11 is 1.79. The van der Waals surface area contributed by atoms with Gasteiger partial charge in [-0.25, -0.2) is 0 Å². The molecule has 1 aliphatic heterocycles. The molecule has 0 bridgehead atoms. The van der Waals surface area contributed by atoms with Crippen LogP contribution in [-0.4, -0.2) is 54.3 Å². The van der Waals surface area contributed by atoms with E-state index in [2.05, 4.69) is 93.1 Å². The monoisotopic (exact) mass is 511 g/mol. The van der Waals surface area contributed by atoms with Crippen molar-refractivity contribution in [2.45, 2.75) is 19.9 Å². The Bertz CT molecular complexity index is 1480. The highest BCUT2D eigenvalue weighted by molar-refractivity contribution is 7.22. The summed E-state index contributed by atoms with van der Waals surface area (Å²) in [5, 5.41) is 8.42. The highest BCUT2D eigenvalue weighted by atomic mass is 32.1. The van der Waals surface area contributed by atoms with Crippen LogP contribution in [0.15, 0.2) is 66.9 Å². The molecule has 1 aliphatic rings. The summed E-state index contributed by atoms with van der Waals surface area (Å²) in [6, 6.07) is 21.8. The molecule has 6 rings (SSSR count). The van der Waals surface area contributed by atoms with Gasteiger partial charge in [0, 0.05) is 53.0 Å². The van der Waals surface area contributed by atoms with E-state index in [-0.39, 0.29) is 0 Å². The lowest BCUT2D eigenvalue weighted by Gasteiger charge is -2.26. The number of morpholine rings is 1. The Kier molecular flexibility index (Phi) is 7.19. The second-order valence-corrected chi connectivity index (χ2v) is 10.8. The molecule has 7 heteroatoms. The number of H-pyrrole nitrogens is 1. The molecule has 3 N–H and O–H groups in total. The van der Waals surface area contributed by atoms with E-state index in [4.69, 9.17) is 4.74 Å². The van der Waals surface area contributed by atoms with Crippen LogP contribution in [0.3, 0.4) is 0 Å². The fourth-order valence-electron chi connectivity index (χ4n) is 4.96. The molecule has 0 amide bonds. The minimum atomic E-state index is 0.873. The molecular formula is C30H33N5OS. The second kappa shape index (κ2) is 11.0. The van der Waals surface area contributed by atoms with Crippen LogP contribution in [-0.2, 0) is 11.3 Å². The number of rotatable bonds is 9. The third kappa shape index (κ3) is 5.70. The number of hydrogen-bond donors (Lipinski definition) is 3. The quantitative estimate of drug-likeness (QED) is 0.203. The minimum Gasteiger partial charge on any atom is -0.379 e.